The van der Waals surface area contributed by atoms with E-state index in [1.165, 1.54) is 27.8 Å². The topological polar surface area (TPSA) is 9.23 Å². The fourth-order valence-electron chi connectivity index (χ4n) is 2.64. The third kappa shape index (κ3) is 2.43. The van der Waals surface area contributed by atoms with E-state index in [0.29, 0.717) is 6.10 Å². The van der Waals surface area contributed by atoms with Crippen LogP contribution < -0.4 is 0 Å². The van der Waals surface area contributed by atoms with Crippen molar-refractivity contribution in [3.63, 3.8) is 0 Å². The Morgan fingerprint density at radius 2 is 1.84 bits per heavy atom. The quantitative estimate of drug-likeness (QED) is 0.660. The second-order valence-corrected chi connectivity index (χ2v) is 5.36. The van der Waals surface area contributed by atoms with Crippen LogP contribution in [0, 0.1) is 0 Å². The molecule has 19 heavy (non-hydrogen) atoms. The first-order chi connectivity index (χ1) is 9.28. The molecule has 1 aliphatic rings. The maximum Gasteiger partial charge on any atom is 0.0720 e. The van der Waals surface area contributed by atoms with Gasteiger partial charge in [0.2, 0.25) is 0 Å². The van der Waals surface area contributed by atoms with Gasteiger partial charge >= 0.3 is 0 Å². The minimum atomic E-state index is 0.338. The third-order valence-electron chi connectivity index (χ3n) is 3.97. The van der Waals surface area contributed by atoms with Crippen LogP contribution >= 0.6 is 0 Å². The van der Waals surface area contributed by atoms with Crippen molar-refractivity contribution >= 4 is 0 Å². The molecule has 2 aromatic carbocycles. The van der Waals surface area contributed by atoms with Crippen LogP contribution in [0.3, 0.4) is 0 Å². The Hall–Kier alpha value is -1.60. The predicted molar refractivity (Wildman–Crippen MR) is 79.2 cm³/mol. The molecule has 0 radical (unpaired) electrons. The molecule has 0 aliphatic heterocycles. The Balaban J connectivity index is 1.81. The zero-order valence-corrected chi connectivity index (χ0v) is 11.6. The van der Waals surface area contributed by atoms with Crippen molar-refractivity contribution in [3.8, 4) is 11.1 Å². The molecule has 1 aliphatic carbocycles. The molecule has 1 heteroatoms. The van der Waals surface area contributed by atoms with E-state index in [4.69, 9.17) is 4.74 Å². The first kappa shape index (κ1) is 12.4. The van der Waals surface area contributed by atoms with E-state index < -0.39 is 0 Å². The summed E-state index contributed by atoms with van der Waals surface area (Å²) in [7, 11) is 0. The second-order valence-electron chi connectivity index (χ2n) is 5.36. The zero-order chi connectivity index (χ0) is 13.2. The summed E-state index contributed by atoms with van der Waals surface area (Å²) < 4.78 is 5.81. The van der Waals surface area contributed by atoms with Crippen molar-refractivity contribution in [1.82, 2.24) is 0 Å². The predicted octanol–water partition coefficient (Wildman–Crippen LogP) is 4.57. The number of fused-ring (bicyclic) bond motifs is 3. The summed E-state index contributed by atoms with van der Waals surface area (Å²) in [5.41, 5.74) is 6.95. The highest BCUT2D eigenvalue weighted by Crippen LogP contribution is 2.36. The lowest BCUT2D eigenvalue weighted by Gasteiger charge is -2.11. The maximum atomic E-state index is 5.81. The average molecular weight is 252 g/mol. The van der Waals surface area contributed by atoms with E-state index in [-0.39, 0.29) is 0 Å². The van der Waals surface area contributed by atoms with Gasteiger partial charge in [0.05, 0.1) is 12.7 Å². The van der Waals surface area contributed by atoms with Crippen molar-refractivity contribution in [2.24, 2.45) is 0 Å². The monoisotopic (exact) mass is 252 g/mol. The van der Waals surface area contributed by atoms with Crippen LogP contribution in [0.1, 0.15) is 37.0 Å². The minimum absolute atomic E-state index is 0.338. The van der Waals surface area contributed by atoms with Gasteiger partial charge in [-0.1, -0.05) is 49.4 Å². The molecule has 98 valence electrons. The highest BCUT2D eigenvalue weighted by molar-refractivity contribution is 5.76. The Morgan fingerprint density at radius 1 is 1.05 bits per heavy atom. The van der Waals surface area contributed by atoms with Gasteiger partial charge in [-0.2, -0.15) is 0 Å². The largest absolute Gasteiger partial charge is 0.374 e. The van der Waals surface area contributed by atoms with Crippen LogP contribution in [-0.2, 0) is 17.8 Å². The fourth-order valence-corrected chi connectivity index (χ4v) is 2.64. The lowest BCUT2D eigenvalue weighted by molar-refractivity contribution is 0.0508. The standard InChI is InChI=1S/C18H20O/c1-3-13(2)19-12-14-8-9-18-16(10-14)11-15-6-4-5-7-17(15)18/h4-10,13H,3,11-12H2,1-2H3. The molecule has 0 bridgehead atoms. The summed E-state index contributed by atoms with van der Waals surface area (Å²) in [5, 5.41) is 0. The molecule has 0 N–H and O–H groups in total. The van der Waals surface area contributed by atoms with E-state index >= 15 is 0 Å². The molecule has 1 nitrogen and oxygen atoms in total. The van der Waals surface area contributed by atoms with Crippen molar-refractivity contribution in [2.45, 2.75) is 39.4 Å². The normalized spacial score (nSPS) is 14.0. The zero-order valence-electron chi connectivity index (χ0n) is 11.6. The first-order valence-electron chi connectivity index (χ1n) is 7.09. The van der Waals surface area contributed by atoms with Gasteiger partial charge in [-0.25, -0.2) is 0 Å². The van der Waals surface area contributed by atoms with Gasteiger partial charge < -0.3 is 4.74 Å². The first-order valence-corrected chi connectivity index (χ1v) is 7.09. The number of hydrogen-bond donors (Lipinski definition) is 0. The molecule has 0 fully saturated rings. The minimum Gasteiger partial charge on any atom is -0.374 e. The maximum absolute atomic E-state index is 5.81. The van der Waals surface area contributed by atoms with Gasteiger partial charge in [0.1, 0.15) is 0 Å². The number of benzene rings is 2. The van der Waals surface area contributed by atoms with E-state index in [1.54, 1.807) is 0 Å². The summed E-state index contributed by atoms with van der Waals surface area (Å²) >= 11 is 0. The molecular weight excluding hydrogens is 232 g/mol. The molecule has 0 spiro atoms. The summed E-state index contributed by atoms with van der Waals surface area (Å²) in [6.45, 7) is 5.01. The molecule has 2 aromatic rings. The molecule has 0 saturated carbocycles. The van der Waals surface area contributed by atoms with Gasteiger partial charge in [-0.15, -0.1) is 0 Å². The van der Waals surface area contributed by atoms with Crippen LogP contribution in [0.25, 0.3) is 11.1 Å². The lowest BCUT2D eigenvalue weighted by atomic mass is 10.0. The molecular formula is C18H20O. The van der Waals surface area contributed by atoms with Crippen LogP contribution in [0.4, 0.5) is 0 Å². The van der Waals surface area contributed by atoms with Crippen LogP contribution in [-0.4, -0.2) is 6.10 Å². The van der Waals surface area contributed by atoms with Gasteiger partial charge in [-0.05, 0) is 47.6 Å². The number of ether oxygens (including phenoxy) is 1. The summed E-state index contributed by atoms with van der Waals surface area (Å²) in [4.78, 5) is 0. The second kappa shape index (κ2) is 5.18. The third-order valence-corrected chi connectivity index (χ3v) is 3.97. The van der Waals surface area contributed by atoms with E-state index in [9.17, 15) is 0 Å². The van der Waals surface area contributed by atoms with Crippen LogP contribution in [0.2, 0.25) is 0 Å². The van der Waals surface area contributed by atoms with E-state index in [2.05, 4.69) is 56.3 Å². The summed E-state index contributed by atoms with van der Waals surface area (Å²) in [6, 6.07) is 15.4. The highest BCUT2D eigenvalue weighted by atomic mass is 16.5. The Kier molecular flexibility index (Phi) is 3.39. The van der Waals surface area contributed by atoms with Gasteiger partial charge in [0.15, 0.2) is 0 Å². The molecule has 3 rings (SSSR count). The number of rotatable bonds is 4. The van der Waals surface area contributed by atoms with Gasteiger partial charge in [0, 0.05) is 0 Å². The Bertz CT molecular complexity index is 586. The molecule has 0 aromatic heterocycles. The van der Waals surface area contributed by atoms with Crippen LogP contribution in [0.5, 0.6) is 0 Å². The lowest BCUT2D eigenvalue weighted by Crippen LogP contribution is -2.06. The van der Waals surface area contributed by atoms with Crippen molar-refractivity contribution in [1.29, 1.82) is 0 Å². The van der Waals surface area contributed by atoms with Crippen molar-refractivity contribution in [2.75, 3.05) is 0 Å². The molecule has 0 saturated heterocycles. The Morgan fingerprint density at radius 3 is 2.68 bits per heavy atom. The summed E-state index contributed by atoms with van der Waals surface area (Å²) in [5.74, 6) is 0. The molecule has 0 amide bonds. The van der Waals surface area contributed by atoms with Crippen LogP contribution in [0.15, 0.2) is 42.5 Å². The molecule has 0 heterocycles. The van der Waals surface area contributed by atoms with E-state index in [0.717, 1.165) is 19.4 Å². The fraction of sp³-hybridized carbons (Fsp3) is 0.333. The SMILES string of the molecule is CCC(C)OCc1ccc2c(c1)Cc1ccccc1-2. The summed E-state index contributed by atoms with van der Waals surface area (Å²) in [6.07, 6.45) is 2.46. The van der Waals surface area contributed by atoms with E-state index in [1.807, 2.05) is 0 Å². The highest BCUT2D eigenvalue weighted by Gasteiger charge is 2.17. The molecule has 1 atom stereocenters. The van der Waals surface area contributed by atoms with Gasteiger partial charge in [-0.3, -0.25) is 0 Å². The van der Waals surface area contributed by atoms with Crippen molar-refractivity contribution in [3.05, 3.63) is 59.2 Å². The number of hydrogen-bond acceptors (Lipinski definition) is 1. The van der Waals surface area contributed by atoms with Crippen molar-refractivity contribution < 1.29 is 4.74 Å². The Labute approximate surface area is 115 Å². The smallest absolute Gasteiger partial charge is 0.0720 e. The average Bonchev–Trinajstić information content (AvgIpc) is 2.82. The molecule has 1 unspecified atom stereocenters. The van der Waals surface area contributed by atoms with Gasteiger partial charge in [0.25, 0.3) is 0 Å².